The second kappa shape index (κ2) is 10.6. The number of aryl methyl sites for hydroxylation is 1. The molecule has 2 aromatic rings. The summed E-state index contributed by atoms with van der Waals surface area (Å²) in [7, 11) is 0. The predicted octanol–water partition coefficient (Wildman–Crippen LogP) is 7.02. The summed E-state index contributed by atoms with van der Waals surface area (Å²) >= 11 is 5.19. The van der Waals surface area contributed by atoms with E-state index in [0.717, 1.165) is 25.3 Å². The number of hydrogen-bond acceptors (Lipinski definition) is 2. The minimum atomic E-state index is -4.43. The van der Waals surface area contributed by atoms with E-state index in [1.807, 2.05) is 0 Å². The maximum absolute atomic E-state index is 13.3. The van der Waals surface area contributed by atoms with Gasteiger partial charge in [0.2, 0.25) is 0 Å². The van der Waals surface area contributed by atoms with E-state index >= 15 is 0 Å². The van der Waals surface area contributed by atoms with Crippen LogP contribution in [0, 0.1) is 4.77 Å². The van der Waals surface area contributed by atoms with Crippen LogP contribution in [0.3, 0.4) is 0 Å². The number of aromatic amines is 1. The van der Waals surface area contributed by atoms with Crippen molar-refractivity contribution >= 4 is 12.2 Å². The number of rotatable bonds is 11. The average Bonchev–Trinajstić information content (AvgIpc) is 3.00. The first kappa shape index (κ1) is 21.7. The van der Waals surface area contributed by atoms with Gasteiger partial charge in [-0.2, -0.15) is 18.3 Å². The van der Waals surface area contributed by atoms with Gasteiger partial charge in [-0.05, 0) is 30.8 Å². The Morgan fingerprint density at radius 1 is 0.963 bits per heavy atom. The molecule has 0 unspecified atom stereocenters. The number of H-pyrrole nitrogens is 1. The van der Waals surface area contributed by atoms with Gasteiger partial charge in [-0.15, -0.1) is 0 Å². The van der Waals surface area contributed by atoms with Gasteiger partial charge in [0.1, 0.15) is 5.82 Å². The number of nitrogens with one attached hydrogen (secondary N) is 1. The van der Waals surface area contributed by atoms with Gasteiger partial charge in [0, 0.05) is 6.42 Å². The molecule has 0 radical (unpaired) electrons. The molecule has 0 saturated heterocycles. The molecule has 2 rings (SSSR count). The van der Waals surface area contributed by atoms with Gasteiger partial charge in [-0.1, -0.05) is 70.4 Å². The number of hydrogen-bond donors (Lipinski definition) is 1. The summed E-state index contributed by atoms with van der Waals surface area (Å²) in [5, 5.41) is 6.80. The second-order valence-electron chi connectivity index (χ2n) is 6.87. The molecule has 0 aliphatic heterocycles. The Labute approximate surface area is 164 Å². The highest BCUT2D eigenvalue weighted by molar-refractivity contribution is 7.71. The first-order chi connectivity index (χ1) is 12.9. The van der Waals surface area contributed by atoms with Crippen LogP contribution in [-0.2, 0) is 12.6 Å². The van der Waals surface area contributed by atoms with Crippen LogP contribution in [-0.4, -0.2) is 14.8 Å². The zero-order chi connectivity index (χ0) is 19.7. The van der Waals surface area contributed by atoms with Crippen molar-refractivity contribution in [3.8, 4) is 5.69 Å². The molecule has 1 aromatic carbocycles. The molecule has 7 heteroatoms. The van der Waals surface area contributed by atoms with E-state index < -0.39 is 11.7 Å². The highest BCUT2D eigenvalue weighted by atomic mass is 32.1. The Hall–Kier alpha value is -1.63. The first-order valence-corrected chi connectivity index (χ1v) is 10.2. The van der Waals surface area contributed by atoms with Crippen LogP contribution >= 0.6 is 12.2 Å². The maximum atomic E-state index is 13.3. The lowest BCUT2D eigenvalue weighted by molar-refractivity contribution is -0.137. The zero-order valence-electron chi connectivity index (χ0n) is 15.8. The fourth-order valence-electron chi connectivity index (χ4n) is 3.25. The van der Waals surface area contributed by atoms with Gasteiger partial charge in [0.15, 0.2) is 4.77 Å². The molecule has 0 bridgehead atoms. The Morgan fingerprint density at radius 2 is 1.56 bits per heavy atom. The minimum Gasteiger partial charge on any atom is -0.272 e. The predicted molar refractivity (Wildman–Crippen MR) is 105 cm³/mol. The van der Waals surface area contributed by atoms with Crippen molar-refractivity contribution < 1.29 is 13.2 Å². The van der Waals surface area contributed by atoms with Crippen molar-refractivity contribution in [3.63, 3.8) is 0 Å². The third-order valence-electron chi connectivity index (χ3n) is 4.70. The average molecular weight is 400 g/mol. The van der Waals surface area contributed by atoms with Crippen molar-refractivity contribution in [3.05, 3.63) is 40.4 Å². The van der Waals surface area contributed by atoms with Crippen molar-refractivity contribution in [2.45, 2.75) is 77.3 Å². The third-order valence-corrected chi connectivity index (χ3v) is 4.97. The molecule has 0 saturated carbocycles. The molecule has 150 valence electrons. The molecule has 0 spiro atoms. The van der Waals surface area contributed by atoms with Gasteiger partial charge in [-0.3, -0.25) is 9.67 Å². The van der Waals surface area contributed by atoms with Crippen molar-refractivity contribution in [2.24, 2.45) is 0 Å². The second-order valence-corrected chi connectivity index (χ2v) is 7.26. The summed E-state index contributed by atoms with van der Waals surface area (Å²) in [5.41, 5.74) is -0.662. The van der Waals surface area contributed by atoms with Crippen molar-refractivity contribution in [1.82, 2.24) is 14.8 Å². The number of alkyl halides is 3. The molecule has 1 heterocycles. The Bertz CT molecular complexity index is 749. The van der Waals surface area contributed by atoms with Crippen LogP contribution in [0.5, 0.6) is 0 Å². The van der Waals surface area contributed by atoms with Crippen molar-refractivity contribution in [1.29, 1.82) is 0 Å². The third kappa shape index (κ3) is 6.48. The Morgan fingerprint density at radius 3 is 2.19 bits per heavy atom. The zero-order valence-corrected chi connectivity index (χ0v) is 16.6. The van der Waals surface area contributed by atoms with E-state index in [0.29, 0.717) is 12.2 Å². The van der Waals surface area contributed by atoms with E-state index in [1.54, 1.807) is 6.07 Å². The van der Waals surface area contributed by atoms with E-state index in [-0.39, 0.29) is 10.5 Å². The molecular weight excluding hydrogens is 371 g/mol. The maximum Gasteiger partial charge on any atom is 0.418 e. The van der Waals surface area contributed by atoms with Crippen LogP contribution in [0.2, 0.25) is 0 Å². The number of unbranched alkanes of at least 4 members (excludes halogenated alkanes) is 8. The molecule has 0 aliphatic carbocycles. The Kier molecular flexibility index (Phi) is 8.54. The fourth-order valence-corrected chi connectivity index (χ4v) is 3.50. The lowest BCUT2D eigenvalue weighted by atomic mass is 10.1. The summed E-state index contributed by atoms with van der Waals surface area (Å²) in [6.45, 7) is 2.21. The molecule has 0 aliphatic rings. The van der Waals surface area contributed by atoms with E-state index in [1.165, 1.54) is 55.2 Å². The molecule has 0 fully saturated rings. The smallest absolute Gasteiger partial charge is 0.272 e. The molecular formula is C20H28F3N3S. The van der Waals surface area contributed by atoms with Crippen LogP contribution < -0.4 is 0 Å². The number of halogens is 3. The van der Waals surface area contributed by atoms with Gasteiger partial charge >= 0.3 is 6.18 Å². The van der Waals surface area contributed by atoms with Gasteiger partial charge in [0.25, 0.3) is 0 Å². The monoisotopic (exact) mass is 399 g/mol. The normalized spacial score (nSPS) is 11.9. The van der Waals surface area contributed by atoms with Crippen molar-refractivity contribution in [2.75, 3.05) is 0 Å². The lowest BCUT2D eigenvalue weighted by Crippen LogP contribution is -2.12. The standard InChI is InChI=1S/C20H28F3N3S/c1-2-3-4-5-6-7-8-9-10-15-18-24-25-19(27)26(18)17-14-12-11-13-16(17)20(21,22)23/h11-14H,2-10,15H2,1H3,(H,25,27). The topological polar surface area (TPSA) is 33.6 Å². The number of aromatic nitrogens is 3. The molecule has 0 amide bonds. The first-order valence-electron chi connectivity index (χ1n) is 9.78. The van der Waals surface area contributed by atoms with E-state index in [2.05, 4.69) is 17.1 Å². The van der Waals surface area contributed by atoms with Crippen LogP contribution in [0.15, 0.2) is 24.3 Å². The number of para-hydroxylation sites is 1. The fraction of sp³-hybridized carbons (Fsp3) is 0.600. The SMILES string of the molecule is CCCCCCCCCCCc1n[nH]c(=S)n1-c1ccccc1C(F)(F)F. The number of benzene rings is 1. The lowest BCUT2D eigenvalue weighted by Gasteiger charge is -2.14. The summed E-state index contributed by atoms with van der Waals surface area (Å²) < 4.78 is 41.6. The molecule has 0 atom stereocenters. The highest BCUT2D eigenvalue weighted by Crippen LogP contribution is 2.34. The molecule has 1 aromatic heterocycles. The largest absolute Gasteiger partial charge is 0.418 e. The quantitative estimate of drug-likeness (QED) is 0.325. The molecule has 1 N–H and O–H groups in total. The summed E-state index contributed by atoms with van der Waals surface area (Å²) in [4.78, 5) is 0. The van der Waals surface area contributed by atoms with Crippen LogP contribution in [0.4, 0.5) is 13.2 Å². The summed E-state index contributed by atoms with van der Waals surface area (Å²) in [6.07, 6.45) is 6.91. The summed E-state index contributed by atoms with van der Waals surface area (Å²) in [5.74, 6) is 0.555. The van der Waals surface area contributed by atoms with E-state index in [9.17, 15) is 13.2 Å². The van der Waals surface area contributed by atoms with Gasteiger partial charge < -0.3 is 0 Å². The highest BCUT2D eigenvalue weighted by Gasteiger charge is 2.34. The van der Waals surface area contributed by atoms with Gasteiger partial charge in [-0.25, -0.2) is 0 Å². The summed E-state index contributed by atoms with van der Waals surface area (Å²) in [6, 6.07) is 5.48. The van der Waals surface area contributed by atoms with Crippen LogP contribution in [0.25, 0.3) is 5.69 Å². The van der Waals surface area contributed by atoms with Gasteiger partial charge in [0.05, 0.1) is 11.3 Å². The Balaban J connectivity index is 1.94. The number of nitrogens with zero attached hydrogens (tertiary/aromatic N) is 2. The molecule has 3 nitrogen and oxygen atoms in total. The molecule has 27 heavy (non-hydrogen) atoms. The minimum absolute atomic E-state index is 0.0367. The van der Waals surface area contributed by atoms with Crippen LogP contribution in [0.1, 0.15) is 76.1 Å². The van der Waals surface area contributed by atoms with E-state index in [4.69, 9.17) is 12.2 Å².